The highest BCUT2D eigenvalue weighted by Crippen LogP contribution is 2.46. The van der Waals surface area contributed by atoms with Crippen molar-refractivity contribution in [3.63, 3.8) is 0 Å². The van der Waals surface area contributed by atoms with Crippen LogP contribution in [0.25, 0.3) is 0 Å². The van der Waals surface area contributed by atoms with E-state index < -0.39 is 23.0 Å². The summed E-state index contributed by atoms with van der Waals surface area (Å²) in [5, 5.41) is 17.3. The molecule has 0 unspecified atom stereocenters. The number of carboxylic acid groups (broad SMARTS) is 1. The van der Waals surface area contributed by atoms with Crippen LogP contribution in [0.15, 0.2) is 55.6 Å². The van der Waals surface area contributed by atoms with Crippen LogP contribution >= 0.6 is 0 Å². The molecule has 2 aromatic carbocycles. The van der Waals surface area contributed by atoms with E-state index in [9.17, 15) is 13.6 Å². The van der Waals surface area contributed by atoms with E-state index in [-0.39, 0.29) is 19.1 Å². The van der Waals surface area contributed by atoms with Crippen molar-refractivity contribution < 1.29 is 28.5 Å². The van der Waals surface area contributed by atoms with E-state index in [1.165, 1.54) is 11.6 Å². The molecule has 1 saturated carbocycles. The first-order valence-corrected chi connectivity index (χ1v) is 9.57. The summed E-state index contributed by atoms with van der Waals surface area (Å²) in [6.45, 7) is 10.0. The van der Waals surface area contributed by atoms with Gasteiger partial charge in [0, 0.05) is 5.41 Å². The molecular formula is C25H30F2O4. The number of carbonyl (C=O) groups is 1. The third-order valence-corrected chi connectivity index (χ3v) is 4.64. The third-order valence-electron chi connectivity index (χ3n) is 4.64. The Labute approximate surface area is 183 Å². The predicted octanol–water partition coefficient (Wildman–Crippen LogP) is 5.63. The lowest BCUT2D eigenvalue weighted by Crippen LogP contribution is -2.44. The summed E-state index contributed by atoms with van der Waals surface area (Å²) >= 11 is 0. The van der Waals surface area contributed by atoms with Crippen LogP contribution in [0.3, 0.4) is 0 Å². The number of carboxylic acids is 1. The van der Waals surface area contributed by atoms with Gasteiger partial charge in [-0.25, -0.2) is 8.78 Å². The fraction of sp³-hybridized carbons (Fsp3) is 0.320. The van der Waals surface area contributed by atoms with E-state index in [4.69, 9.17) is 14.9 Å². The number of ether oxygens (including phenoxy) is 1. The molecule has 0 aromatic heterocycles. The quantitative estimate of drug-likeness (QED) is 0.475. The van der Waals surface area contributed by atoms with Crippen molar-refractivity contribution in [2.24, 2.45) is 0 Å². The maximum atomic E-state index is 13.7. The zero-order valence-electron chi connectivity index (χ0n) is 18.0. The minimum atomic E-state index is -0.904. The molecule has 0 bridgehead atoms. The van der Waals surface area contributed by atoms with Crippen LogP contribution in [0.1, 0.15) is 37.3 Å². The lowest BCUT2D eigenvalue weighted by atomic mass is 9.64. The van der Waals surface area contributed by atoms with Crippen molar-refractivity contribution in [2.75, 3.05) is 6.61 Å². The highest BCUT2D eigenvalue weighted by Gasteiger charge is 2.43. The van der Waals surface area contributed by atoms with Gasteiger partial charge in [-0.3, -0.25) is 4.79 Å². The summed E-state index contributed by atoms with van der Waals surface area (Å²) in [4.78, 5) is 10.3. The van der Waals surface area contributed by atoms with Gasteiger partial charge in [-0.15, -0.1) is 26.0 Å². The van der Waals surface area contributed by atoms with Crippen LogP contribution in [0.4, 0.5) is 8.78 Å². The zero-order valence-corrected chi connectivity index (χ0v) is 18.0. The molecule has 2 N–H and O–H groups in total. The summed E-state index contributed by atoms with van der Waals surface area (Å²) < 4.78 is 32.2. The molecule has 0 spiro atoms. The van der Waals surface area contributed by atoms with Gasteiger partial charge in [0.15, 0.2) is 0 Å². The van der Waals surface area contributed by atoms with Crippen LogP contribution in [0.5, 0.6) is 5.75 Å². The molecule has 0 radical (unpaired) electrons. The Kier molecular flexibility index (Phi) is 12.5. The second-order valence-corrected chi connectivity index (χ2v) is 7.07. The van der Waals surface area contributed by atoms with Crippen LogP contribution in [-0.4, -0.2) is 28.9 Å². The Bertz CT molecular complexity index is 804. The van der Waals surface area contributed by atoms with Gasteiger partial charge >= 0.3 is 5.97 Å². The fourth-order valence-electron chi connectivity index (χ4n) is 3.10. The number of hydrogen-bond acceptors (Lipinski definition) is 3. The zero-order chi connectivity index (χ0) is 24.0. The predicted molar refractivity (Wildman–Crippen MR) is 119 cm³/mol. The molecule has 1 aliphatic carbocycles. The summed E-state index contributed by atoms with van der Waals surface area (Å²) in [5.74, 6) is -1.44. The summed E-state index contributed by atoms with van der Waals surface area (Å²) in [5.41, 5.74) is 1.11. The molecule has 1 aliphatic rings. The van der Waals surface area contributed by atoms with Crippen molar-refractivity contribution in [3.8, 4) is 18.6 Å². The smallest absolute Gasteiger partial charge is 0.305 e. The molecule has 0 saturated heterocycles. The normalized spacial score (nSPS) is 18.5. The van der Waals surface area contributed by atoms with Gasteiger partial charge in [-0.05, 0) is 55.7 Å². The molecular weight excluding hydrogens is 402 g/mol. The Morgan fingerprint density at radius 1 is 1.16 bits per heavy atom. The number of phenols is 1. The first-order valence-electron chi connectivity index (χ1n) is 9.57. The Balaban J connectivity index is 0.000000625. The second kappa shape index (κ2) is 13.9. The van der Waals surface area contributed by atoms with Gasteiger partial charge in [0.2, 0.25) is 0 Å². The van der Waals surface area contributed by atoms with Crippen molar-refractivity contribution in [1.29, 1.82) is 0 Å². The number of phenolic OH excluding ortho intramolecular Hbond substituents is 1. The van der Waals surface area contributed by atoms with Crippen LogP contribution < -0.4 is 0 Å². The lowest BCUT2D eigenvalue weighted by molar-refractivity contribution is -0.139. The molecule has 4 nitrogen and oxygen atoms in total. The average Bonchev–Trinajstić information content (AvgIpc) is 2.73. The third kappa shape index (κ3) is 9.45. The number of halogens is 2. The van der Waals surface area contributed by atoms with Crippen molar-refractivity contribution in [2.45, 2.75) is 44.6 Å². The molecule has 0 aliphatic heterocycles. The van der Waals surface area contributed by atoms with Crippen LogP contribution in [-0.2, 0) is 14.9 Å². The molecule has 2 aromatic rings. The van der Waals surface area contributed by atoms with Gasteiger partial charge in [0.1, 0.15) is 17.4 Å². The monoisotopic (exact) mass is 432 g/mol. The molecule has 0 atom stereocenters. The second-order valence-electron chi connectivity index (χ2n) is 7.07. The number of aliphatic carboxylic acids is 1. The first kappa shape index (κ1) is 27.8. The van der Waals surface area contributed by atoms with E-state index >= 15 is 0 Å². The Morgan fingerprint density at radius 2 is 1.71 bits per heavy atom. The van der Waals surface area contributed by atoms with E-state index in [2.05, 4.69) is 26.0 Å². The summed E-state index contributed by atoms with van der Waals surface area (Å²) in [7, 11) is 0. The van der Waals surface area contributed by atoms with E-state index in [1.54, 1.807) is 12.1 Å². The average molecular weight is 433 g/mol. The Morgan fingerprint density at radius 3 is 2.19 bits per heavy atom. The van der Waals surface area contributed by atoms with Crippen LogP contribution in [0, 0.1) is 31.4 Å². The SMILES string of the molecule is C#C.C=C.CC1(c2cc(F)ccc2F)CC(OCCC(=O)O)C1.Cc1ccc(O)cc1. The molecule has 6 heteroatoms. The number of rotatable bonds is 5. The number of aromatic hydroxyl groups is 1. The van der Waals surface area contributed by atoms with Gasteiger partial charge in [0.25, 0.3) is 0 Å². The van der Waals surface area contributed by atoms with E-state index in [1.807, 2.05) is 26.0 Å². The van der Waals surface area contributed by atoms with E-state index in [0.29, 0.717) is 24.2 Å². The van der Waals surface area contributed by atoms with Crippen molar-refractivity contribution in [3.05, 3.63) is 78.4 Å². The summed E-state index contributed by atoms with van der Waals surface area (Å²) in [6.07, 6.45) is 9.04. The van der Waals surface area contributed by atoms with Crippen molar-refractivity contribution in [1.82, 2.24) is 0 Å². The van der Waals surface area contributed by atoms with Crippen LogP contribution in [0.2, 0.25) is 0 Å². The van der Waals surface area contributed by atoms with E-state index in [0.717, 1.165) is 12.1 Å². The molecule has 168 valence electrons. The minimum Gasteiger partial charge on any atom is -0.508 e. The standard InChI is InChI=1S/C14H16F2O3.C7H8O.C2H4.C2H2/c1-14(11-6-9(15)2-3-12(11)16)7-10(8-14)19-5-4-13(17)18;1-6-2-4-7(8)5-3-6;2*1-2/h2-3,6,10H,4-5,7-8H2,1H3,(H,17,18);2-5,8H,1H3;1-2H2;1-2H. The fourth-order valence-corrected chi connectivity index (χ4v) is 3.10. The van der Waals surface area contributed by atoms with Gasteiger partial charge in [0.05, 0.1) is 19.1 Å². The highest BCUT2D eigenvalue weighted by molar-refractivity contribution is 5.66. The minimum absolute atomic E-state index is 0.0401. The lowest BCUT2D eigenvalue weighted by Gasteiger charge is -2.45. The first-order chi connectivity index (χ1) is 14.7. The van der Waals surface area contributed by atoms with Gasteiger partial charge in [-0.2, -0.15) is 0 Å². The molecule has 3 rings (SSSR count). The largest absolute Gasteiger partial charge is 0.508 e. The maximum absolute atomic E-state index is 13.7. The maximum Gasteiger partial charge on any atom is 0.305 e. The van der Waals surface area contributed by atoms with Gasteiger partial charge < -0.3 is 14.9 Å². The molecule has 31 heavy (non-hydrogen) atoms. The molecule has 0 heterocycles. The summed E-state index contributed by atoms with van der Waals surface area (Å²) in [6, 6.07) is 10.5. The highest BCUT2D eigenvalue weighted by atomic mass is 19.1. The molecule has 1 fully saturated rings. The topological polar surface area (TPSA) is 66.8 Å². The van der Waals surface area contributed by atoms with Gasteiger partial charge in [-0.1, -0.05) is 24.6 Å². The number of hydrogen-bond donors (Lipinski definition) is 2. The number of terminal acetylenes is 1. The van der Waals surface area contributed by atoms with Crippen molar-refractivity contribution >= 4 is 5.97 Å². The Hall–Kier alpha value is -3.17. The molecule has 0 amide bonds. The number of aryl methyl sites for hydroxylation is 1. The number of benzene rings is 2.